The number of carboxylic acids is 2. The molecule has 0 aromatic rings. The Morgan fingerprint density at radius 3 is 2.04 bits per heavy atom. The first-order valence-electron chi connectivity index (χ1n) is 9.34. The minimum atomic E-state index is -0.988. The van der Waals surface area contributed by atoms with Crippen molar-refractivity contribution < 1.29 is 29.4 Å². The predicted molar refractivity (Wildman–Crippen MR) is 98.7 cm³/mol. The Morgan fingerprint density at radius 2 is 1.52 bits per heavy atom. The predicted octanol–water partition coefficient (Wildman–Crippen LogP) is -0.352. The summed E-state index contributed by atoms with van der Waals surface area (Å²) < 4.78 is 0. The van der Waals surface area contributed by atoms with Gasteiger partial charge < -0.3 is 15.0 Å². The number of hydrogen-bond donors (Lipinski definition) is 2. The van der Waals surface area contributed by atoms with E-state index in [-0.39, 0.29) is 37.6 Å². The summed E-state index contributed by atoms with van der Waals surface area (Å²) in [6.45, 7) is 6.49. The van der Waals surface area contributed by atoms with Gasteiger partial charge in [-0.25, -0.2) is 0 Å². The Balaban J connectivity index is 2.87. The number of carboxylic acid groups (broad SMARTS) is 2. The molecule has 0 aromatic carbocycles. The van der Waals surface area contributed by atoms with E-state index in [1.54, 1.807) is 23.6 Å². The van der Waals surface area contributed by atoms with Crippen molar-refractivity contribution in [2.45, 2.75) is 32.7 Å². The van der Waals surface area contributed by atoms with Crippen molar-refractivity contribution in [2.24, 2.45) is 5.92 Å². The molecule has 0 bridgehead atoms. The van der Waals surface area contributed by atoms with E-state index in [4.69, 9.17) is 5.11 Å². The Hall–Kier alpha value is -1.84. The van der Waals surface area contributed by atoms with Crippen molar-refractivity contribution in [3.8, 4) is 0 Å². The molecule has 0 radical (unpaired) electrons. The van der Waals surface area contributed by atoms with Crippen molar-refractivity contribution >= 4 is 24.0 Å². The monoisotopic (exact) mass is 385 g/mol. The number of nitrogens with zero attached hydrogens (tertiary/aromatic N) is 3. The van der Waals surface area contributed by atoms with E-state index < -0.39 is 18.0 Å². The highest BCUT2D eigenvalue weighted by molar-refractivity contribution is 5.81. The molecule has 1 aliphatic rings. The molecule has 9 heteroatoms. The fourth-order valence-corrected chi connectivity index (χ4v) is 3.14. The first-order valence-corrected chi connectivity index (χ1v) is 9.34. The Kier molecular flexibility index (Phi) is 10.1. The van der Waals surface area contributed by atoms with Crippen LogP contribution < -0.4 is 0 Å². The molecule has 2 N–H and O–H groups in total. The molecule has 0 spiro atoms. The summed E-state index contributed by atoms with van der Waals surface area (Å²) in [4.78, 5) is 51.1. The van der Waals surface area contributed by atoms with E-state index in [9.17, 15) is 24.3 Å². The van der Waals surface area contributed by atoms with Crippen LogP contribution in [0.15, 0.2) is 0 Å². The molecule has 1 unspecified atom stereocenters. The summed E-state index contributed by atoms with van der Waals surface area (Å²) >= 11 is 0. The van der Waals surface area contributed by atoms with Crippen LogP contribution in [-0.4, -0.2) is 107 Å². The maximum absolute atomic E-state index is 11.9. The van der Waals surface area contributed by atoms with E-state index in [1.807, 2.05) is 4.90 Å². The number of rotatable bonds is 10. The average Bonchev–Trinajstić information content (AvgIpc) is 2.67. The Morgan fingerprint density at radius 1 is 0.963 bits per heavy atom. The van der Waals surface area contributed by atoms with Gasteiger partial charge >= 0.3 is 11.9 Å². The molecule has 1 rings (SSSR count). The lowest BCUT2D eigenvalue weighted by molar-refractivity contribution is -0.144. The van der Waals surface area contributed by atoms with Crippen molar-refractivity contribution in [3.63, 3.8) is 0 Å². The van der Waals surface area contributed by atoms with E-state index in [0.717, 1.165) is 6.29 Å². The lowest BCUT2D eigenvalue weighted by Crippen LogP contribution is -2.47. The third-order valence-electron chi connectivity index (χ3n) is 4.86. The maximum atomic E-state index is 11.9. The van der Waals surface area contributed by atoms with Gasteiger partial charge in [0.15, 0.2) is 0 Å². The smallest absolute Gasteiger partial charge is 0.320 e. The molecule has 0 amide bonds. The zero-order valence-corrected chi connectivity index (χ0v) is 16.2. The van der Waals surface area contributed by atoms with E-state index in [1.165, 1.54) is 0 Å². The summed E-state index contributed by atoms with van der Waals surface area (Å²) in [6.07, 6.45) is 1.21. The lowest BCUT2D eigenvalue weighted by atomic mass is 10.0. The normalized spacial score (nSPS) is 19.1. The van der Waals surface area contributed by atoms with E-state index >= 15 is 0 Å². The number of hydrogen-bond acceptors (Lipinski definition) is 7. The SMILES string of the molecule is CC(C)C(=O)CCC(C(=O)O)N1CCN(CC=O)CCN(CC(=O)O)CC1. The second-order valence-corrected chi connectivity index (χ2v) is 7.19. The van der Waals surface area contributed by atoms with Crippen LogP contribution in [0.2, 0.25) is 0 Å². The summed E-state index contributed by atoms with van der Waals surface area (Å²) in [7, 11) is 0. The first-order chi connectivity index (χ1) is 12.7. The number of Topliss-reactive ketones (excluding diaryl/α,β-unsaturated/α-hetero) is 1. The molecule has 1 fully saturated rings. The van der Waals surface area contributed by atoms with E-state index in [0.29, 0.717) is 39.3 Å². The molecule has 9 nitrogen and oxygen atoms in total. The largest absolute Gasteiger partial charge is 0.480 e. The number of aldehydes is 1. The Bertz CT molecular complexity index is 525. The summed E-state index contributed by atoms with van der Waals surface area (Å²) in [5.41, 5.74) is 0. The quantitative estimate of drug-likeness (QED) is 0.486. The molecule has 1 heterocycles. The van der Waals surface area contributed by atoms with Crippen LogP contribution in [0.4, 0.5) is 0 Å². The van der Waals surface area contributed by atoms with Gasteiger partial charge in [-0.3, -0.25) is 29.1 Å². The minimum absolute atomic E-state index is 0.0283. The van der Waals surface area contributed by atoms with Crippen LogP contribution in [0, 0.1) is 5.92 Å². The maximum Gasteiger partial charge on any atom is 0.320 e. The van der Waals surface area contributed by atoms with Crippen LogP contribution in [0.25, 0.3) is 0 Å². The highest BCUT2D eigenvalue weighted by atomic mass is 16.4. The minimum Gasteiger partial charge on any atom is -0.480 e. The van der Waals surface area contributed by atoms with Gasteiger partial charge in [-0.1, -0.05) is 13.8 Å². The van der Waals surface area contributed by atoms with Gasteiger partial charge in [0, 0.05) is 51.6 Å². The van der Waals surface area contributed by atoms with Crippen LogP contribution in [0.1, 0.15) is 26.7 Å². The lowest BCUT2D eigenvalue weighted by Gasteiger charge is -2.30. The summed E-state index contributed by atoms with van der Waals surface area (Å²) in [6, 6.07) is -0.810. The topological polar surface area (TPSA) is 118 Å². The van der Waals surface area contributed by atoms with Gasteiger partial charge in [0.1, 0.15) is 18.1 Å². The highest BCUT2D eigenvalue weighted by Gasteiger charge is 2.28. The third kappa shape index (κ3) is 8.59. The third-order valence-corrected chi connectivity index (χ3v) is 4.86. The van der Waals surface area contributed by atoms with Gasteiger partial charge in [0.25, 0.3) is 0 Å². The van der Waals surface area contributed by atoms with Crippen molar-refractivity contribution in [2.75, 3.05) is 52.4 Å². The van der Waals surface area contributed by atoms with E-state index in [2.05, 4.69) is 0 Å². The van der Waals surface area contributed by atoms with Crippen LogP contribution in [0.3, 0.4) is 0 Å². The zero-order valence-electron chi connectivity index (χ0n) is 16.2. The molecule has 27 heavy (non-hydrogen) atoms. The fourth-order valence-electron chi connectivity index (χ4n) is 3.14. The van der Waals surface area contributed by atoms with Crippen LogP contribution in [-0.2, 0) is 19.2 Å². The molecule has 1 atom stereocenters. The van der Waals surface area contributed by atoms with Crippen molar-refractivity contribution in [1.29, 1.82) is 0 Å². The van der Waals surface area contributed by atoms with Crippen LogP contribution in [0.5, 0.6) is 0 Å². The van der Waals surface area contributed by atoms with Crippen molar-refractivity contribution in [3.05, 3.63) is 0 Å². The first kappa shape index (κ1) is 23.2. The Labute approximate surface area is 159 Å². The fraction of sp³-hybridized carbons (Fsp3) is 0.778. The molecule has 0 saturated carbocycles. The van der Waals surface area contributed by atoms with Gasteiger partial charge in [-0.15, -0.1) is 0 Å². The van der Waals surface area contributed by atoms with Crippen molar-refractivity contribution in [1.82, 2.24) is 14.7 Å². The highest BCUT2D eigenvalue weighted by Crippen LogP contribution is 2.13. The molecule has 0 aliphatic carbocycles. The molecule has 154 valence electrons. The molecular formula is C18H31N3O6. The van der Waals surface area contributed by atoms with Gasteiger partial charge in [-0.2, -0.15) is 0 Å². The second-order valence-electron chi connectivity index (χ2n) is 7.19. The van der Waals surface area contributed by atoms with Gasteiger partial charge in [0.05, 0.1) is 13.1 Å². The zero-order chi connectivity index (χ0) is 20.4. The average molecular weight is 385 g/mol. The number of carbonyl (C=O) groups excluding carboxylic acids is 2. The van der Waals surface area contributed by atoms with Crippen LogP contribution >= 0.6 is 0 Å². The van der Waals surface area contributed by atoms with Gasteiger partial charge in [-0.05, 0) is 6.42 Å². The summed E-state index contributed by atoms with van der Waals surface area (Å²) in [5.74, 6) is -2.04. The number of ketones is 1. The molecule has 1 saturated heterocycles. The number of carbonyl (C=O) groups is 4. The second kappa shape index (κ2) is 11.8. The molecule has 0 aromatic heterocycles. The standard InChI is InChI=1S/C18H31N3O6/c1-14(2)16(23)4-3-15(18(26)27)21-9-7-19(11-12-22)5-6-20(8-10-21)13-17(24)25/h12,14-15H,3-11,13H2,1-2H3,(H,24,25)(H,26,27). The summed E-state index contributed by atoms with van der Waals surface area (Å²) in [5, 5.41) is 18.7. The molecule has 1 aliphatic heterocycles. The van der Waals surface area contributed by atoms with Gasteiger partial charge in [0.2, 0.25) is 0 Å². The number of aliphatic carboxylic acids is 2. The molecular weight excluding hydrogens is 354 g/mol.